The van der Waals surface area contributed by atoms with Crippen LogP contribution >= 0.6 is 0 Å². The molecule has 25 heavy (non-hydrogen) atoms. The number of benzene rings is 2. The molecular formula is C17H19FN2O4S. The average molecular weight is 366 g/mol. The lowest BCUT2D eigenvalue weighted by Gasteiger charge is -2.09. The molecule has 0 saturated carbocycles. The fourth-order valence-corrected chi connectivity index (χ4v) is 3.17. The van der Waals surface area contributed by atoms with Crippen molar-refractivity contribution in [1.29, 1.82) is 0 Å². The molecule has 0 atom stereocenters. The maximum atomic E-state index is 12.9. The van der Waals surface area contributed by atoms with Gasteiger partial charge in [-0.05, 0) is 48.9 Å². The summed E-state index contributed by atoms with van der Waals surface area (Å²) in [6.45, 7) is 0.685. The zero-order chi connectivity index (χ0) is 18.3. The zero-order valence-electron chi connectivity index (χ0n) is 13.7. The van der Waals surface area contributed by atoms with Crippen molar-refractivity contribution in [2.24, 2.45) is 0 Å². The number of methoxy groups -OCH3 is 1. The number of nitrogens with one attached hydrogen (secondary N) is 2. The number of rotatable bonds is 8. The lowest BCUT2D eigenvalue weighted by molar-refractivity contribution is 0.102. The third-order valence-corrected chi connectivity index (χ3v) is 4.78. The van der Waals surface area contributed by atoms with Gasteiger partial charge < -0.3 is 10.1 Å². The lowest BCUT2D eigenvalue weighted by Crippen LogP contribution is -2.26. The number of ether oxygens (including phenoxy) is 1. The molecule has 1 amide bonds. The predicted octanol–water partition coefficient (Wildman–Crippen LogP) is 2.39. The lowest BCUT2D eigenvalue weighted by atomic mass is 10.2. The number of sulfonamides is 1. The molecule has 134 valence electrons. The SMILES string of the molecule is COCCCNS(=O)(=O)c1cccc(C(=O)Nc2ccc(F)cc2)c1. The van der Waals surface area contributed by atoms with Gasteiger partial charge >= 0.3 is 0 Å². The van der Waals surface area contributed by atoms with E-state index in [0.717, 1.165) is 0 Å². The van der Waals surface area contributed by atoms with E-state index in [1.54, 1.807) is 0 Å². The van der Waals surface area contributed by atoms with E-state index in [0.29, 0.717) is 18.7 Å². The Hall–Kier alpha value is -2.29. The molecule has 2 N–H and O–H groups in total. The Kier molecular flexibility index (Phi) is 6.63. The molecule has 0 fully saturated rings. The van der Waals surface area contributed by atoms with E-state index in [2.05, 4.69) is 10.0 Å². The minimum absolute atomic E-state index is 0.00308. The Balaban J connectivity index is 2.09. The van der Waals surface area contributed by atoms with Crippen LogP contribution in [0.25, 0.3) is 0 Å². The fraction of sp³-hybridized carbons (Fsp3) is 0.235. The summed E-state index contributed by atoms with van der Waals surface area (Å²) in [5, 5.41) is 2.59. The van der Waals surface area contributed by atoms with E-state index in [1.807, 2.05) is 0 Å². The fourth-order valence-electron chi connectivity index (χ4n) is 2.05. The third-order valence-electron chi connectivity index (χ3n) is 3.33. The summed E-state index contributed by atoms with van der Waals surface area (Å²) in [5.74, 6) is -0.895. The molecule has 2 aromatic rings. The Morgan fingerprint density at radius 3 is 2.56 bits per heavy atom. The van der Waals surface area contributed by atoms with Gasteiger partial charge in [0.15, 0.2) is 0 Å². The predicted molar refractivity (Wildman–Crippen MR) is 92.5 cm³/mol. The van der Waals surface area contributed by atoms with E-state index >= 15 is 0 Å². The molecule has 0 aliphatic rings. The smallest absolute Gasteiger partial charge is 0.255 e. The zero-order valence-corrected chi connectivity index (χ0v) is 14.5. The Morgan fingerprint density at radius 2 is 1.88 bits per heavy atom. The maximum absolute atomic E-state index is 12.9. The highest BCUT2D eigenvalue weighted by Crippen LogP contribution is 2.14. The highest BCUT2D eigenvalue weighted by atomic mass is 32.2. The molecule has 6 nitrogen and oxygen atoms in total. The second kappa shape index (κ2) is 8.70. The van der Waals surface area contributed by atoms with Gasteiger partial charge in [0.05, 0.1) is 4.90 Å². The number of hydrogen-bond donors (Lipinski definition) is 2. The molecule has 0 bridgehead atoms. The molecule has 2 aromatic carbocycles. The second-order valence-electron chi connectivity index (χ2n) is 5.23. The van der Waals surface area contributed by atoms with Crippen molar-refractivity contribution in [3.05, 3.63) is 59.9 Å². The van der Waals surface area contributed by atoms with E-state index < -0.39 is 21.7 Å². The highest BCUT2D eigenvalue weighted by molar-refractivity contribution is 7.89. The van der Waals surface area contributed by atoms with Gasteiger partial charge in [0.25, 0.3) is 5.91 Å². The number of carbonyl (C=O) groups is 1. The van der Waals surface area contributed by atoms with Crippen LogP contribution < -0.4 is 10.0 Å². The first-order valence-electron chi connectivity index (χ1n) is 7.58. The normalized spacial score (nSPS) is 11.3. The average Bonchev–Trinajstić information content (AvgIpc) is 2.61. The monoisotopic (exact) mass is 366 g/mol. The van der Waals surface area contributed by atoms with E-state index in [9.17, 15) is 17.6 Å². The molecule has 2 rings (SSSR count). The summed E-state index contributed by atoms with van der Waals surface area (Å²) < 4.78 is 44.7. The van der Waals surface area contributed by atoms with Crippen LogP contribution in [0.1, 0.15) is 16.8 Å². The van der Waals surface area contributed by atoms with Gasteiger partial charge in [-0.15, -0.1) is 0 Å². The van der Waals surface area contributed by atoms with Crippen molar-refractivity contribution >= 4 is 21.6 Å². The standard InChI is InChI=1S/C17H19FN2O4S/c1-24-11-3-10-19-25(22,23)16-5-2-4-13(12-16)17(21)20-15-8-6-14(18)7-9-15/h2,4-9,12,19H,3,10-11H2,1H3,(H,20,21). The molecule has 0 aromatic heterocycles. The molecule has 0 unspecified atom stereocenters. The van der Waals surface area contributed by atoms with Gasteiger partial charge in [0, 0.05) is 31.5 Å². The Bertz CT molecular complexity index is 823. The topological polar surface area (TPSA) is 84.5 Å². The second-order valence-corrected chi connectivity index (χ2v) is 7.00. The summed E-state index contributed by atoms with van der Waals surface area (Å²) in [6.07, 6.45) is 0.542. The van der Waals surface area contributed by atoms with Crippen molar-refractivity contribution < 1.29 is 22.3 Å². The van der Waals surface area contributed by atoms with Crippen LogP contribution in [0.4, 0.5) is 10.1 Å². The summed E-state index contributed by atoms with van der Waals surface area (Å²) in [5.41, 5.74) is 0.599. The van der Waals surface area contributed by atoms with Crippen LogP contribution in [-0.2, 0) is 14.8 Å². The van der Waals surface area contributed by atoms with Gasteiger partial charge in [0.2, 0.25) is 10.0 Å². The van der Waals surface area contributed by atoms with Gasteiger partial charge in [-0.25, -0.2) is 17.5 Å². The number of anilines is 1. The number of hydrogen-bond acceptors (Lipinski definition) is 4. The molecule has 0 spiro atoms. The maximum Gasteiger partial charge on any atom is 0.255 e. The molecule has 0 radical (unpaired) electrons. The summed E-state index contributed by atoms with van der Waals surface area (Å²) in [7, 11) is -2.17. The van der Waals surface area contributed by atoms with Crippen LogP contribution in [0, 0.1) is 5.82 Å². The minimum Gasteiger partial charge on any atom is -0.385 e. The van der Waals surface area contributed by atoms with Gasteiger partial charge in [-0.3, -0.25) is 4.79 Å². The van der Waals surface area contributed by atoms with E-state index in [4.69, 9.17) is 4.74 Å². The van der Waals surface area contributed by atoms with Crippen LogP contribution in [0.5, 0.6) is 0 Å². The summed E-state index contributed by atoms with van der Waals surface area (Å²) in [6, 6.07) is 11.0. The molecule has 0 saturated heterocycles. The number of carbonyl (C=O) groups excluding carboxylic acids is 1. The summed E-state index contributed by atoms with van der Waals surface area (Å²) >= 11 is 0. The molecule has 0 aliphatic heterocycles. The van der Waals surface area contributed by atoms with Crippen LogP contribution in [0.3, 0.4) is 0 Å². The van der Waals surface area contributed by atoms with Crippen molar-refractivity contribution in [1.82, 2.24) is 4.72 Å². The Labute approximate surface area is 146 Å². The number of halogens is 1. The van der Waals surface area contributed by atoms with Crippen LogP contribution in [-0.4, -0.2) is 34.6 Å². The molecule has 0 aliphatic carbocycles. The number of amides is 1. The molecule has 0 heterocycles. The quantitative estimate of drug-likeness (QED) is 0.703. The van der Waals surface area contributed by atoms with E-state index in [1.165, 1.54) is 55.6 Å². The van der Waals surface area contributed by atoms with Crippen LogP contribution in [0.15, 0.2) is 53.4 Å². The first-order valence-corrected chi connectivity index (χ1v) is 9.06. The third kappa shape index (κ3) is 5.63. The summed E-state index contributed by atoms with van der Waals surface area (Å²) in [4.78, 5) is 12.2. The van der Waals surface area contributed by atoms with Gasteiger partial charge in [-0.2, -0.15) is 0 Å². The van der Waals surface area contributed by atoms with Crippen molar-refractivity contribution in [3.63, 3.8) is 0 Å². The van der Waals surface area contributed by atoms with Crippen LogP contribution in [0.2, 0.25) is 0 Å². The van der Waals surface area contributed by atoms with Crippen molar-refractivity contribution in [2.75, 3.05) is 25.6 Å². The largest absolute Gasteiger partial charge is 0.385 e. The van der Waals surface area contributed by atoms with Gasteiger partial charge in [0.1, 0.15) is 5.82 Å². The van der Waals surface area contributed by atoms with Gasteiger partial charge in [-0.1, -0.05) is 6.07 Å². The minimum atomic E-state index is -3.71. The molecular weight excluding hydrogens is 347 g/mol. The first-order chi connectivity index (χ1) is 11.9. The first kappa shape index (κ1) is 19.0. The van der Waals surface area contributed by atoms with Crippen molar-refractivity contribution in [3.8, 4) is 0 Å². The highest BCUT2D eigenvalue weighted by Gasteiger charge is 2.16. The van der Waals surface area contributed by atoms with E-state index in [-0.39, 0.29) is 17.0 Å². The molecule has 8 heteroatoms. The van der Waals surface area contributed by atoms with Crippen molar-refractivity contribution in [2.45, 2.75) is 11.3 Å². The Morgan fingerprint density at radius 1 is 1.16 bits per heavy atom.